The van der Waals surface area contributed by atoms with Crippen LogP contribution in [0.15, 0.2) is 18.2 Å². The van der Waals surface area contributed by atoms with Crippen LogP contribution >= 0.6 is 0 Å². The van der Waals surface area contributed by atoms with Crippen LogP contribution in [0.1, 0.15) is 24.5 Å². The van der Waals surface area contributed by atoms with E-state index in [4.69, 9.17) is 0 Å². The van der Waals surface area contributed by atoms with E-state index in [2.05, 4.69) is 5.32 Å². The molecule has 1 fully saturated rings. The molecule has 1 aromatic rings. The first-order valence-electron chi connectivity index (χ1n) is 7.41. The number of rotatable bonds is 5. The summed E-state index contributed by atoms with van der Waals surface area (Å²) >= 11 is 0. The van der Waals surface area contributed by atoms with Crippen LogP contribution in [-0.4, -0.2) is 44.5 Å². The average molecular weight is 314 g/mol. The Kier molecular flexibility index (Phi) is 5.72. The maximum atomic E-state index is 13.9. The Morgan fingerprint density at radius 2 is 2.10 bits per heavy atom. The zero-order valence-corrected chi connectivity index (χ0v) is 13.3. The van der Waals surface area contributed by atoms with Gasteiger partial charge in [-0.2, -0.15) is 0 Å². The van der Waals surface area contributed by atoms with Crippen molar-refractivity contribution in [3.05, 3.63) is 35.1 Å². The van der Waals surface area contributed by atoms with Gasteiger partial charge >= 0.3 is 0 Å². The van der Waals surface area contributed by atoms with Crippen LogP contribution in [0.4, 0.5) is 4.39 Å². The van der Waals surface area contributed by atoms with Gasteiger partial charge in [0.15, 0.2) is 9.84 Å². The summed E-state index contributed by atoms with van der Waals surface area (Å²) in [5.74, 6) is 0.195. The molecule has 0 radical (unpaired) electrons. The second-order valence-corrected chi connectivity index (χ2v) is 7.79. The Balaban J connectivity index is 2.04. The summed E-state index contributed by atoms with van der Waals surface area (Å²) in [5.41, 5.74) is 1.69. The fourth-order valence-electron chi connectivity index (χ4n) is 2.52. The molecule has 0 aromatic heterocycles. The number of sulfone groups is 1. The summed E-state index contributed by atoms with van der Waals surface area (Å²) in [5, 5.41) is 3.22. The van der Waals surface area contributed by atoms with E-state index in [1.807, 2.05) is 17.9 Å². The van der Waals surface area contributed by atoms with E-state index in [9.17, 15) is 12.8 Å². The highest BCUT2D eigenvalue weighted by atomic mass is 32.2. The van der Waals surface area contributed by atoms with Gasteiger partial charge in [0.05, 0.1) is 11.5 Å². The molecule has 118 valence electrons. The van der Waals surface area contributed by atoms with E-state index in [-0.39, 0.29) is 17.3 Å². The lowest BCUT2D eigenvalue weighted by Crippen LogP contribution is -2.27. The minimum atomic E-state index is -2.92. The van der Waals surface area contributed by atoms with Gasteiger partial charge in [0.2, 0.25) is 0 Å². The van der Waals surface area contributed by atoms with Gasteiger partial charge in [-0.15, -0.1) is 0 Å². The maximum Gasteiger partial charge on any atom is 0.151 e. The van der Waals surface area contributed by atoms with Gasteiger partial charge in [0.1, 0.15) is 5.82 Å². The first-order valence-corrected chi connectivity index (χ1v) is 9.23. The van der Waals surface area contributed by atoms with Gasteiger partial charge in [0.25, 0.3) is 0 Å². The minimum Gasteiger partial charge on any atom is -0.313 e. The molecule has 1 N–H and O–H groups in total. The first kappa shape index (κ1) is 16.4. The van der Waals surface area contributed by atoms with Crippen LogP contribution in [0, 0.1) is 5.82 Å². The summed E-state index contributed by atoms with van der Waals surface area (Å²) < 4.78 is 37.1. The molecule has 0 saturated carbocycles. The Hall–Kier alpha value is -0.980. The van der Waals surface area contributed by atoms with Crippen molar-refractivity contribution in [2.45, 2.75) is 26.4 Å². The van der Waals surface area contributed by atoms with Gasteiger partial charge in [-0.25, -0.2) is 12.8 Å². The fraction of sp³-hybridized carbons (Fsp3) is 0.600. The van der Waals surface area contributed by atoms with Crippen molar-refractivity contribution in [3.63, 3.8) is 0 Å². The number of halogens is 1. The molecule has 2 rings (SSSR count). The van der Waals surface area contributed by atoms with E-state index in [0.29, 0.717) is 31.6 Å². The predicted octanol–water partition coefficient (Wildman–Crippen LogP) is 1.56. The third-order valence-corrected chi connectivity index (χ3v) is 5.45. The Morgan fingerprint density at radius 3 is 2.86 bits per heavy atom. The second-order valence-electron chi connectivity index (χ2n) is 5.49. The van der Waals surface area contributed by atoms with Gasteiger partial charge in [-0.05, 0) is 31.1 Å². The maximum absolute atomic E-state index is 13.9. The average Bonchev–Trinajstić information content (AvgIpc) is 2.61. The van der Waals surface area contributed by atoms with Gasteiger partial charge < -0.3 is 5.32 Å². The molecule has 0 bridgehead atoms. The van der Waals surface area contributed by atoms with Crippen molar-refractivity contribution in [3.8, 4) is 0 Å². The summed E-state index contributed by atoms with van der Waals surface area (Å²) in [6.07, 6.45) is 0.626. The van der Waals surface area contributed by atoms with E-state index >= 15 is 0 Å². The highest BCUT2D eigenvalue weighted by Crippen LogP contribution is 2.15. The van der Waals surface area contributed by atoms with Crippen molar-refractivity contribution in [2.24, 2.45) is 0 Å². The number of benzene rings is 1. The number of nitrogens with zero attached hydrogens (tertiary/aromatic N) is 1. The molecule has 1 aromatic carbocycles. The lowest BCUT2D eigenvalue weighted by atomic mass is 10.1. The Morgan fingerprint density at radius 1 is 1.29 bits per heavy atom. The molecule has 0 atom stereocenters. The van der Waals surface area contributed by atoms with Gasteiger partial charge in [0, 0.05) is 25.2 Å². The largest absolute Gasteiger partial charge is 0.313 e. The van der Waals surface area contributed by atoms with E-state index in [0.717, 1.165) is 18.7 Å². The monoisotopic (exact) mass is 314 g/mol. The molecule has 6 heteroatoms. The smallest absolute Gasteiger partial charge is 0.151 e. The molecule has 1 heterocycles. The highest BCUT2D eigenvalue weighted by molar-refractivity contribution is 7.91. The Labute approximate surface area is 126 Å². The van der Waals surface area contributed by atoms with Crippen molar-refractivity contribution in [2.75, 3.05) is 31.1 Å². The second kappa shape index (κ2) is 7.33. The first-order chi connectivity index (χ1) is 10.00. The summed E-state index contributed by atoms with van der Waals surface area (Å²) in [4.78, 5) is 2.03. The number of hydrogen-bond acceptors (Lipinski definition) is 4. The predicted molar refractivity (Wildman–Crippen MR) is 82.3 cm³/mol. The van der Waals surface area contributed by atoms with Crippen LogP contribution in [0.2, 0.25) is 0 Å². The molecular weight excluding hydrogens is 291 g/mol. The van der Waals surface area contributed by atoms with E-state index in [1.54, 1.807) is 6.07 Å². The normalized spacial score (nSPS) is 19.3. The fourth-order valence-corrected chi connectivity index (χ4v) is 3.83. The quantitative estimate of drug-likeness (QED) is 0.896. The zero-order valence-electron chi connectivity index (χ0n) is 12.4. The molecule has 21 heavy (non-hydrogen) atoms. The topological polar surface area (TPSA) is 49.4 Å². The molecule has 0 amide bonds. The highest BCUT2D eigenvalue weighted by Gasteiger charge is 2.19. The third kappa shape index (κ3) is 5.05. The third-order valence-electron chi connectivity index (χ3n) is 3.73. The standard InChI is InChI=1S/C15H23FN2O2S/c1-2-17-11-13-4-5-15(16)14(10-13)12-18-6-3-8-21(19,20)9-7-18/h4-5,10,17H,2-3,6-9,11-12H2,1H3. The number of nitrogens with one attached hydrogen (secondary N) is 1. The minimum absolute atomic E-state index is 0.172. The van der Waals surface area contributed by atoms with Crippen LogP contribution in [-0.2, 0) is 22.9 Å². The summed E-state index contributed by atoms with van der Waals surface area (Å²) in [6, 6.07) is 5.16. The van der Waals surface area contributed by atoms with Crippen molar-refractivity contribution < 1.29 is 12.8 Å². The van der Waals surface area contributed by atoms with Crippen LogP contribution < -0.4 is 5.32 Å². The molecule has 0 unspecified atom stereocenters. The molecule has 1 aliphatic heterocycles. The summed E-state index contributed by atoms with van der Waals surface area (Å²) in [7, 11) is -2.92. The molecule has 0 spiro atoms. The van der Waals surface area contributed by atoms with Crippen molar-refractivity contribution >= 4 is 9.84 Å². The molecule has 1 aliphatic rings. The Bertz CT molecular complexity index is 575. The summed E-state index contributed by atoms with van der Waals surface area (Å²) in [6.45, 7) is 5.29. The molecule has 1 saturated heterocycles. The molecule has 4 nitrogen and oxygen atoms in total. The SMILES string of the molecule is CCNCc1ccc(F)c(CN2CCCS(=O)(=O)CC2)c1. The van der Waals surface area contributed by atoms with Crippen LogP contribution in [0.5, 0.6) is 0 Å². The zero-order chi connectivity index (χ0) is 15.3. The van der Waals surface area contributed by atoms with E-state index in [1.165, 1.54) is 6.07 Å². The van der Waals surface area contributed by atoms with Crippen molar-refractivity contribution in [1.82, 2.24) is 10.2 Å². The van der Waals surface area contributed by atoms with Crippen LogP contribution in [0.3, 0.4) is 0 Å². The van der Waals surface area contributed by atoms with Crippen LogP contribution in [0.25, 0.3) is 0 Å². The molecular formula is C15H23FN2O2S. The molecule has 0 aliphatic carbocycles. The lowest BCUT2D eigenvalue weighted by Gasteiger charge is -2.20. The van der Waals surface area contributed by atoms with Gasteiger partial charge in [-0.1, -0.05) is 19.1 Å². The van der Waals surface area contributed by atoms with E-state index < -0.39 is 9.84 Å². The number of hydrogen-bond donors (Lipinski definition) is 1. The van der Waals surface area contributed by atoms with Gasteiger partial charge in [-0.3, -0.25) is 4.90 Å². The lowest BCUT2D eigenvalue weighted by molar-refractivity contribution is 0.283. The van der Waals surface area contributed by atoms with Crippen molar-refractivity contribution in [1.29, 1.82) is 0 Å².